The standard InChI is InChI=1S/C11H11N5OS/c1-16-11(13-7-14-16)15-10(17)9-5-4-8(18-9)3-2-6-12/h4-5,7H,6,12H2,1H3,(H,13,14,15,17). The molecule has 0 aliphatic heterocycles. The van der Waals surface area contributed by atoms with Gasteiger partial charge in [-0.3, -0.25) is 10.1 Å². The normalized spacial score (nSPS) is 9.67. The van der Waals surface area contributed by atoms with Gasteiger partial charge in [0.05, 0.1) is 16.3 Å². The molecule has 18 heavy (non-hydrogen) atoms. The van der Waals surface area contributed by atoms with Crippen LogP contribution >= 0.6 is 11.3 Å². The maximum Gasteiger partial charge on any atom is 0.268 e. The lowest BCUT2D eigenvalue weighted by atomic mass is 10.4. The quantitative estimate of drug-likeness (QED) is 0.768. The molecule has 2 aromatic rings. The number of carbonyl (C=O) groups is 1. The number of anilines is 1. The van der Waals surface area contributed by atoms with Crippen LogP contribution in [0, 0.1) is 11.8 Å². The van der Waals surface area contributed by atoms with Crippen molar-refractivity contribution >= 4 is 23.2 Å². The molecular weight excluding hydrogens is 250 g/mol. The predicted molar refractivity (Wildman–Crippen MR) is 69.2 cm³/mol. The molecule has 0 saturated heterocycles. The van der Waals surface area contributed by atoms with Gasteiger partial charge in [-0.05, 0) is 12.1 Å². The van der Waals surface area contributed by atoms with Gasteiger partial charge in [0.25, 0.3) is 5.91 Å². The molecule has 0 unspecified atom stereocenters. The number of nitrogens with one attached hydrogen (secondary N) is 1. The zero-order valence-corrected chi connectivity index (χ0v) is 10.5. The van der Waals surface area contributed by atoms with Crippen LogP contribution in [-0.4, -0.2) is 27.2 Å². The number of hydrogen-bond donors (Lipinski definition) is 2. The molecule has 92 valence electrons. The predicted octanol–water partition coefficient (Wildman–Crippen LogP) is 0.439. The van der Waals surface area contributed by atoms with Gasteiger partial charge in [-0.25, -0.2) is 4.68 Å². The number of hydrogen-bond acceptors (Lipinski definition) is 5. The van der Waals surface area contributed by atoms with Crippen LogP contribution in [0.1, 0.15) is 14.5 Å². The fourth-order valence-electron chi connectivity index (χ4n) is 1.24. The first-order valence-corrected chi connectivity index (χ1v) is 5.96. The Kier molecular flexibility index (Phi) is 3.72. The molecule has 0 bridgehead atoms. The third kappa shape index (κ3) is 2.74. The summed E-state index contributed by atoms with van der Waals surface area (Å²) in [5.41, 5.74) is 5.28. The van der Waals surface area contributed by atoms with E-state index >= 15 is 0 Å². The summed E-state index contributed by atoms with van der Waals surface area (Å²) in [6.45, 7) is 0.304. The molecule has 3 N–H and O–H groups in total. The van der Waals surface area contributed by atoms with Crippen LogP contribution in [0.3, 0.4) is 0 Å². The molecule has 2 heterocycles. The maximum absolute atomic E-state index is 11.9. The van der Waals surface area contributed by atoms with Gasteiger partial charge in [-0.15, -0.1) is 11.3 Å². The highest BCUT2D eigenvalue weighted by Crippen LogP contribution is 2.16. The highest BCUT2D eigenvalue weighted by Gasteiger charge is 2.11. The molecule has 2 aromatic heterocycles. The smallest absolute Gasteiger partial charge is 0.268 e. The van der Waals surface area contributed by atoms with E-state index in [-0.39, 0.29) is 5.91 Å². The van der Waals surface area contributed by atoms with Crippen molar-refractivity contribution in [2.24, 2.45) is 12.8 Å². The molecule has 0 aliphatic rings. The molecule has 0 radical (unpaired) electrons. The van der Waals surface area contributed by atoms with Crippen molar-refractivity contribution < 1.29 is 4.79 Å². The van der Waals surface area contributed by atoms with Crippen molar-refractivity contribution in [2.45, 2.75) is 0 Å². The van der Waals surface area contributed by atoms with E-state index in [0.717, 1.165) is 4.88 Å². The molecule has 0 aliphatic carbocycles. The topological polar surface area (TPSA) is 85.8 Å². The summed E-state index contributed by atoms with van der Waals surface area (Å²) in [5, 5.41) is 6.53. The molecule has 0 saturated carbocycles. The molecule has 2 rings (SSSR count). The number of rotatable bonds is 2. The summed E-state index contributed by atoms with van der Waals surface area (Å²) in [5.74, 6) is 5.80. The molecule has 7 heteroatoms. The first-order chi connectivity index (χ1) is 8.70. The number of amides is 1. The van der Waals surface area contributed by atoms with Crippen LogP contribution in [0.4, 0.5) is 5.95 Å². The number of nitrogens with two attached hydrogens (primary N) is 1. The molecular formula is C11H11N5OS. The molecule has 0 atom stereocenters. The van der Waals surface area contributed by atoms with Crippen molar-refractivity contribution in [2.75, 3.05) is 11.9 Å². The van der Waals surface area contributed by atoms with Gasteiger partial charge < -0.3 is 5.73 Å². The number of aryl methyl sites for hydroxylation is 1. The Morgan fingerprint density at radius 3 is 3.11 bits per heavy atom. The van der Waals surface area contributed by atoms with Crippen LogP contribution in [0.25, 0.3) is 0 Å². The van der Waals surface area contributed by atoms with E-state index < -0.39 is 0 Å². The van der Waals surface area contributed by atoms with Crippen molar-refractivity contribution in [3.63, 3.8) is 0 Å². The Morgan fingerprint density at radius 2 is 2.44 bits per heavy atom. The lowest BCUT2D eigenvalue weighted by molar-refractivity contribution is 0.102. The van der Waals surface area contributed by atoms with Gasteiger partial charge in [-0.2, -0.15) is 10.1 Å². The first kappa shape index (κ1) is 12.3. The van der Waals surface area contributed by atoms with Crippen molar-refractivity contribution in [3.05, 3.63) is 28.2 Å². The second kappa shape index (κ2) is 5.44. The molecule has 0 spiro atoms. The second-order valence-corrected chi connectivity index (χ2v) is 4.41. The van der Waals surface area contributed by atoms with E-state index in [1.165, 1.54) is 22.3 Å². The van der Waals surface area contributed by atoms with Crippen LogP contribution in [0.5, 0.6) is 0 Å². The minimum absolute atomic E-state index is 0.225. The SMILES string of the molecule is Cn1ncnc1NC(=O)c1ccc(C#CCN)s1. The van der Waals surface area contributed by atoms with E-state index in [2.05, 4.69) is 27.2 Å². The molecule has 0 aromatic carbocycles. The van der Waals surface area contributed by atoms with E-state index in [1.54, 1.807) is 19.2 Å². The minimum Gasteiger partial charge on any atom is -0.320 e. The number of thiophene rings is 1. The summed E-state index contributed by atoms with van der Waals surface area (Å²) in [7, 11) is 1.70. The third-order valence-corrected chi connectivity index (χ3v) is 3.08. The lowest BCUT2D eigenvalue weighted by Gasteiger charge is -2.00. The minimum atomic E-state index is -0.225. The van der Waals surface area contributed by atoms with Crippen LogP contribution in [0.15, 0.2) is 18.5 Å². The average molecular weight is 261 g/mol. The zero-order valence-electron chi connectivity index (χ0n) is 9.67. The van der Waals surface area contributed by atoms with Gasteiger partial charge in [0.1, 0.15) is 6.33 Å². The van der Waals surface area contributed by atoms with E-state index in [4.69, 9.17) is 5.73 Å². The Bertz CT molecular complexity index is 619. The van der Waals surface area contributed by atoms with Crippen LogP contribution in [0.2, 0.25) is 0 Å². The molecule has 0 fully saturated rings. The van der Waals surface area contributed by atoms with Gasteiger partial charge >= 0.3 is 0 Å². The summed E-state index contributed by atoms with van der Waals surface area (Å²) in [4.78, 5) is 17.2. The Labute approximate surface area is 108 Å². The van der Waals surface area contributed by atoms with Crippen molar-refractivity contribution in [1.82, 2.24) is 14.8 Å². The first-order valence-electron chi connectivity index (χ1n) is 5.15. The Hall–Kier alpha value is -2.17. The van der Waals surface area contributed by atoms with Gasteiger partial charge in [0.15, 0.2) is 0 Å². The Balaban J connectivity index is 2.10. The third-order valence-electron chi connectivity index (χ3n) is 2.08. The van der Waals surface area contributed by atoms with E-state index in [0.29, 0.717) is 17.4 Å². The summed E-state index contributed by atoms with van der Waals surface area (Å²) < 4.78 is 1.49. The molecule has 1 amide bonds. The fourth-order valence-corrected chi connectivity index (χ4v) is 2.01. The zero-order chi connectivity index (χ0) is 13.0. The molecule has 6 nitrogen and oxygen atoms in total. The largest absolute Gasteiger partial charge is 0.320 e. The summed E-state index contributed by atoms with van der Waals surface area (Å²) in [6.07, 6.45) is 1.38. The van der Waals surface area contributed by atoms with Gasteiger partial charge in [-0.1, -0.05) is 11.8 Å². The number of nitrogens with zero attached hydrogens (tertiary/aromatic N) is 3. The highest BCUT2D eigenvalue weighted by atomic mass is 32.1. The highest BCUT2D eigenvalue weighted by molar-refractivity contribution is 7.14. The average Bonchev–Trinajstić information content (AvgIpc) is 2.97. The van der Waals surface area contributed by atoms with Gasteiger partial charge in [0.2, 0.25) is 5.95 Å². The fraction of sp³-hybridized carbons (Fsp3) is 0.182. The summed E-state index contributed by atoms with van der Waals surface area (Å²) >= 11 is 1.31. The van der Waals surface area contributed by atoms with Crippen LogP contribution < -0.4 is 11.1 Å². The number of carbonyl (C=O) groups excluding carboxylic acids is 1. The van der Waals surface area contributed by atoms with Crippen molar-refractivity contribution in [3.8, 4) is 11.8 Å². The van der Waals surface area contributed by atoms with E-state index in [1.807, 2.05) is 0 Å². The van der Waals surface area contributed by atoms with E-state index in [9.17, 15) is 4.79 Å². The van der Waals surface area contributed by atoms with Crippen molar-refractivity contribution in [1.29, 1.82) is 0 Å². The second-order valence-electron chi connectivity index (χ2n) is 3.33. The van der Waals surface area contributed by atoms with Gasteiger partial charge in [0, 0.05) is 7.05 Å². The maximum atomic E-state index is 11.9. The number of aromatic nitrogens is 3. The monoisotopic (exact) mass is 261 g/mol. The van der Waals surface area contributed by atoms with Crippen LogP contribution in [-0.2, 0) is 7.05 Å². The summed E-state index contributed by atoms with van der Waals surface area (Å²) in [6, 6.07) is 3.51. The Morgan fingerprint density at radius 1 is 1.61 bits per heavy atom. The lowest BCUT2D eigenvalue weighted by Crippen LogP contribution is -2.13.